The van der Waals surface area contributed by atoms with Gasteiger partial charge in [0, 0.05) is 18.6 Å². The van der Waals surface area contributed by atoms with Crippen LogP contribution in [0.5, 0.6) is 5.75 Å². The standard InChI is InChI=1S/C12H11ClF2N2O2/c1-17(6-2-5-16)11(18)9-7-8(13)3-4-10(9)19-12(14)15/h3-4,7,12H,2,6H2,1H3. The number of hydrogen-bond acceptors (Lipinski definition) is 3. The van der Waals surface area contributed by atoms with Gasteiger partial charge in [0.05, 0.1) is 18.1 Å². The Kier molecular flexibility index (Phi) is 5.52. The fourth-order valence-corrected chi connectivity index (χ4v) is 1.57. The fourth-order valence-electron chi connectivity index (χ4n) is 1.39. The van der Waals surface area contributed by atoms with Crippen molar-refractivity contribution in [2.45, 2.75) is 13.0 Å². The van der Waals surface area contributed by atoms with Crippen LogP contribution in [0.2, 0.25) is 5.02 Å². The maximum atomic E-state index is 12.2. The molecule has 0 spiro atoms. The van der Waals surface area contributed by atoms with Crippen LogP contribution in [0.1, 0.15) is 16.8 Å². The summed E-state index contributed by atoms with van der Waals surface area (Å²) in [7, 11) is 1.47. The molecule has 0 N–H and O–H groups in total. The highest BCUT2D eigenvalue weighted by atomic mass is 35.5. The van der Waals surface area contributed by atoms with Crippen LogP contribution in [0.4, 0.5) is 8.78 Å². The molecule has 0 bridgehead atoms. The first kappa shape index (κ1) is 15.2. The minimum atomic E-state index is -3.03. The molecule has 19 heavy (non-hydrogen) atoms. The summed E-state index contributed by atoms with van der Waals surface area (Å²) in [6.07, 6.45) is 0.147. The Morgan fingerprint density at radius 3 is 2.84 bits per heavy atom. The molecule has 0 saturated carbocycles. The van der Waals surface area contributed by atoms with E-state index in [-0.39, 0.29) is 29.3 Å². The van der Waals surface area contributed by atoms with Crippen molar-refractivity contribution >= 4 is 17.5 Å². The van der Waals surface area contributed by atoms with Gasteiger partial charge in [-0.15, -0.1) is 0 Å². The molecule has 0 aliphatic rings. The van der Waals surface area contributed by atoms with Gasteiger partial charge in [0.15, 0.2) is 0 Å². The molecule has 1 aromatic rings. The molecule has 0 aliphatic heterocycles. The van der Waals surface area contributed by atoms with E-state index in [0.717, 1.165) is 0 Å². The van der Waals surface area contributed by atoms with Gasteiger partial charge in [0.2, 0.25) is 0 Å². The van der Waals surface area contributed by atoms with Crippen molar-refractivity contribution in [2.75, 3.05) is 13.6 Å². The maximum Gasteiger partial charge on any atom is 0.387 e. The van der Waals surface area contributed by atoms with Gasteiger partial charge in [0.1, 0.15) is 5.75 Å². The largest absolute Gasteiger partial charge is 0.434 e. The normalized spacial score (nSPS) is 10.1. The molecule has 0 heterocycles. The first-order valence-corrected chi connectivity index (χ1v) is 5.70. The third kappa shape index (κ3) is 4.38. The Balaban J connectivity index is 3.00. The molecule has 102 valence electrons. The average Bonchev–Trinajstić information content (AvgIpc) is 2.36. The molecular formula is C12H11ClF2N2O2. The van der Waals surface area contributed by atoms with E-state index in [1.807, 2.05) is 6.07 Å². The number of alkyl halides is 2. The molecule has 0 atom stereocenters. The Hall–Kier alpha value is -1.87. The highest BCUT2D eigenvalue weighted by Crippen LogP contribution is 2.25. The van der Waals surface area contributed by atoms with Gasteiger partial charge in [-0.3, -0.25) is 4.79 Å². The fraction of sp³-hybridized carbons (Fsp3) is 0.333. The summed E-state index contributed by atoms with van der Waals surface area (Å²) < 4.78 is 28.8. The molecule has 1 amide bonds. The second-order valence-corrected chi connectivity index (χ2v) is 4.09. The van der Waals surface area contributed by atoms with E-state index in [2.05, 4.69) is 4.74 Å². The van der Waals surface area contributed by atoms with Crippen molar-refractivity contribution < 1.29 is 18.3 Å². The van der Waals surface area contributed by atoms with Crippen molar-refractivity contribution in [3.05, 3.63) is 28.8 Å². The van der Waals surface area contributed by atoms with Crippen LogP contribution >= 0.6 is 11.6 Å². The molecule has 7 heteroatoms. The van der Waals surface area contributed by atoms with Crippen molar-refractivity contribution in [2.24, 2.45) is 0 Å². The molecule has 1 aromatic carbocycles. The van der Waals surface area contributed by atoms with E-state index in [0.29, 0.717) is 0 Å². The lowest BCUT2D eigenvalue weighted by Gasteiger charge is -2.18. The predicted octanol–water partition coefficient (Wildman–Crippen LogP) is 2.93. The SMILES string of the molecule is CN(CCC#N)C(=O)c1cc(Cl)ccc1OC(F)F. The van der Waals surface area contributed by atoms with Gasteiger partial charge in [-0.25, -0.2) is 0 Å². The number of benzene rings is 1. The van der Waals surface area contributed by atoms with Gasteiger partial charge >= 0.3 is 6.61 Å². The van der Waals surface area contributed by atoms with Crippen molar-refractivity contribution in [1.82, 2.24) is 4.90 Å². The van der Waals surface area contributed by atoms with E-state index in [9.17, 15) is 13.6 Å². The first-order valence-electron chi connectivity index (χ1n) is 5.32. The van der Waals surface area contributed by atoms with Gasteiger partial charge in [-0.1, -0.05) is 11.6 Å². The number of ether oxygens (including phenoxy) is 1. The number of nitrogens with zero attached hydrogens (tertiary/aromatic N) is 2. The minimum Gasteiger partial charge on any atom is -0.434 e. The Morgan fingerprint density at radius 2 is 2.26 bits per heavy atom. The van der Waals surface area contributed by atoms with E-state index >= 15 is 0 Å². The summed E-state index contributed by atoms with van der Waals surface area (Å²) in [5.41, 5.74) is -0.0618. The van der Waals surface area contributed by atoms with Crippen molar-refractivity contribution in [3.8, 4) is 11.8 Å². The second-order valence-electron chi connectivity index (χ2n) is 3.65. The number of hydrogen-bond donors (Lipinski definition) is 0. The molecule has 0 aliphatic carbocycles. The number of carbonyl (C=O) groups excluding carboxylic acids is 1. The number of amides is 1. The lowest BCUT2D eigenvalue weighted by molar-refractivity contribution is -0.0502. The van der Waals surface area contributed by atoms with Gasteiger partial charge in [-0.2, -0.15) is 14.0 Å². The highest BCUT2D eigenvalue weighted by Gasteiger charge is 2.19. The Bertz CT molecular complexity index is 503. The van der Waals surface area contributed by atoms with Crippen LogP contribution in [0.25, 0.3) is 0 Å². The molecule has 0 unspecified atom stereocenters. The summed E-state index contributed by atoms with van der Waals surface area (Å²) >= 11 is 5.74. The minimum absolute atomic E-state index is 0.0618. The van der Waals surface area contributed by atoms with E-state index in [4.69, 9.17) is 16.9 Å². The quantitative estimate of drug-likeness (QED) is 0.837. The second kappa shape index (κ2) is 6.90. The van der Waals surface area contributed by atoms with Gasteiger partial charge < -0.3 is 9.64 Å². The lowest BCUT2D eigenvalue weighted by atomic mass is 10.1. The topological polar surface area (TPSA) is 53.3 Å². The summed E-state index contributed by atoms with van der Waals surface area (Å²) in [5, 5.41) is 8.69. The Morgan fingerprint density at radius 1 is 1.58 bits per heavy atom. The van der Waals surface area contributed by atoms with Crippen LogP contribution in [0.15, 0.2) is 18.2 Å². The van der Waals surface area contributed by atoms with Crippen LogP contribution in [-0.2, 0) is 0 Å². The average molecular weight is 289 g/mol. The van der Waals surface area contributed by atoms with Crippen LogP contribution in [0.3, 0.4) is 0 Å². The number of halogens is 3. The van der Waals surface area contributed by atoms with Crippen molar-refractivity contribution in [3.63, 3.8) is 0 Å². The van der Waals surface area contributed by atoms with E-state index < -0.39 is 12.5 Å². The van der Waals surface area contributed by atoms with Crippen LogP contribution in [0, 0.1) is 11.3 Å². The predicted molar refractivity (Wildman–Crippen MR) is 65.3 cm³/mol. The lowest BCUT2D eigenvalue weighted by Crippen LogP contribution is -2.28. The smallest absolute Gasteiger partial charge is 0.387 e. The third-order valence-corrected chi connectivity index (χ3v) is 2.53. The highest BCUT2D eigenvalue weighted by molar-refractivity contribution is 6.31. The molecule has 1 rings (SSSR count). The molecule has 0 aromatic heterocycles. The third-order valence-electron chi connectivity index (χ3n) is 2.29. The zero-order valence-electron chi connectivity index (χ0n) is 10.1. The Labute approximate surface area is 114 Å². The summed E-state index contributed by atoms with van der Waals surface area (Å²) in [6, 6.07) is 5.71. The number of carbonyl (C=O) groups is 1. The summed E-state index contributed by atoms with van der Waals surface area (Å²) in [6.45, 7) is -2.84. The zero-order chi connectivity index (χ0) is 14.4. The maximum absolute atomic E-state index is 12.2. The summed E-state index contributed by atoms with van der Waals surface area (Å²) in [5.74, 6) is -0.776. The molecule has 4 nitrogen and oxygen atoms in total. The van der Waals surface area contributed by atoms with Gasteiger partial charge in [0.25, 0.3) is 5.91 Å². The van der Waals surface area contributed by atoms with Gasteiger partial charge in [-0.05, 0) is 18.2 Å². The summed E-state index contributed by atoms with van der Waals surface area (Å²) in [4.78, 5) is 13.3. The number of nitriles is 1. The van der Waals surface area contributed by atoms with Crippen LogP contribution in [-0.4, -0.2) is 31.0 Å². The molecular weight excluding hydrogens is 278 g/mol. The monoisotopic (exact) mass is 288 g/mol. The number of rotatable bonds is 5. The van der Waals surface area contributed by atoms with E-state index in [1.54, 1.807) is 0 Å². The van der Waals surface area contributed by atoms with Crippen LogP contribution < -0.4 is 4.74 Å². The van der Waals surface area contributed by atoms with Crippen molar-refractivity contribution in [1.29, 1.82) is 5.26 Å². The molecule has 0 fully saturated rings. The first-order chi connectivity index (χ1) is 8.95. The molecule has 0 saturated heterocycles. The molecule has 0 radical (unpaired) electrons. The van der Waals surface area contributed by atoms with E-state index in [1.165, 1.54) is 30.1 Å². The zero-order valence-corrected chi connectivity index (χ0v) is 10.8.